The first-order valence-electron chi connectivity index (χ1n) is 8.97. The Bertz CT molecular complexity index is 1020. The number of hydrogen-bond donors (Lipinski definition) is 1. The predicted octanol–water partition coefficient (Wildman–Crippen LogP) is 2.40. The van der Waals surface area contributed by atoms with Crippen LogP contribution in [-0.2, 0) is 19.6 Å². The number of carbonyl (C=O) groups is 2. The first kappa shape index (κ1) is 20.8. The van der Waals surface area contributed by atoms with E-state index in [1.54, 1.807) is 38.3 Å². The van der Waals surface area contributed by atoms with Gasteiger partial charge in [0.05, 0.1) is 24.8 Å². The summed E-state index contributed by atoms with van der Waals surface area (Å²) in [5.74, 6) is 0.143. The summed E-state index contributed by atoms with van der Waals surface area (Å²) in [6, 6.07) is 10.6. The number of nitrogens with zero attached hydrogens (tertiary/aromatic N) is 1. The summed E-state index contributed by atoms with van der Waals surface area (Å²) in [5.41, 5.74) is 0.882. The molecule has 9 heteroatoms. The number of hydrogen-bond acceptors (Lipinski definition) is 6. The second-order valence-electron chi connectivity index (χ2n) is 6.57. The zero-order chi connectivity index (χ0) is 21.2. The highest BCUT2D eigenvalue weighted by Crippen LogP contribution is 2.34. The molecule has 0 saturated carbocycles. The van der Waals surface area contributed by atoms with Crippen molar-refractivity contribution in [2.75, 3.05) is 19.1 Å². The Kier molecular flexibility index (Phi) is 5.90. The highest BCUT2D eigenvalue weighted by atomic mass is 32.2. The second-order valence-corrected chi connectivity index (χ2v) is 8.29. The van der Waals surface area contributed by atoms with E-state index in [2.05, 4.69) is 4.72 Å². The van der Waals surface area contributed by atoms with Crippen LogP contribution in [0.15, 0.2) is 47.4 Å². The molecule has 2 amide bonds. The van der Waals surface area contributed by atoms with Crippen LogP contribution in [0.4, 0.5) is 5.69 Å². The van der Waals surface area contributed by atoms with E-state index in [-0.39, 0.29) is 41.0 Å². The molecule has 0 radical (unpaired) electrons. The monoisotopic (exact) mass is 418 g/mol. The van der Waals surface area contributed by atoms with E-state index >= 15 is 0 Å². The topological polar surface area (TPSA) is 102 Å². The quantitative estimate of drug-likeness (QED) is 0.693. The summed E-state index contributed by atoms with van der Waals surface area (Å²) in [5, 5.41) is 0. The molecule has 2 aromatic rings. The Morgan fingerprint density at radius 3 is 2.14 bits per heavy atom. The Hall–Kier alpha value is -2.91. The first-order chi connectivity index (χ1) is 13.8. The molecule has 29 heavy (non-hydrogen) atoms. The molecular formula is C20H22N2O6S. The minimum atomic E-state index is -3.92. The van der Waals surface area contributed by atoms with Crippen molar-refractivity contribution < 1.29 is 27.5 Å². The van der Waals surface area contributed by atoms with Crippen molar-refractivity contribution in [2.45, 2.75) is 30.7 Å². The minimum Gasteiger partial charge on any atom is -0.497 e. The number of sulfonamides is 1. The third-order valence-corrected chi connectivity index (χ3v) is 6.24. The molecule has 1 saturated heterocycles. The average molecular weight is 418 g/mol. The smallest absolute Gasteiger partial charge is 0.241 e. The summed E-state index contributed by atoms with van der Waals surface area (Å²) >= 11 is 0. The molecule has 3 rings (SSSR count). The van der Waals surface area contributed by atoms with Gasteiger partial charge in [-0.3, -0.25) is 9.59 Å². The van der Waals surface area contributed by atoms with Crippen LogP contribution in [0.25, 0.3) is 0 Å². The van der Waals surface area contributed by atoms with Crippen molar-refractivity contribution in [3.63, 3.8) is 0 Å². The summed E-state index contributed by atoms with van der Waals surface area (Å²) in [6.07, 6.45) is 0.178. The van der Waals surface area contributed by atoms with Crippen LogP contribution in [0.2, 0.25) is 0 Å². The molecule has 1 fully saturated rings. The normalized spacial score (nSPS) is 15.5. The van der Waals surface area contributed by atoms with Gasteiger partial charge in [0.25, 0.3) is 0 Å². The molecule has 0 bridgehead atoms. The van der Waals surface area contributed by atoms with E-state index in [1.807, 2.05) is 0 Å². The lowest BCUT2D eigenvalue weighted by molar-refractivity contribution is -0.121. The van der Waals surface area contributed by atoms with E-state index in [1.165, 1.54) is 25.3 Å². The molecule has 1 aliphatic rings. The number of imide groups is 1. The first-order valence-corrected chi connectivity index (χ1v) is 10.4. The number of methoxy groups -OCH3 is 2. The number of ether oxygens (including phenoxy) is 2. The van der Waals surface area contributed by atoms with E-state index < -0.39 is 16.1 Å². The highest BCUT2D eigenvalue weighted by Gasteiger charge is 2.33. The Morgan fingerprint density at radius 1 is 0.966 bits per heavy atom. The number of carbonyl (C=O) groups excluding carboxylic acids is 2. The van der Waals surface area contributed by atoms with Gasteiger partial charge in [0.15, 0.2) is 0 Å². The van der Waals surface area contributed by atoms with Crippen molar-refractivity contribution in [3.05, 3.63) is 48.0 Å². The van der Waals surface area contributed by atoms with Crippen molar-refractivity contribution >= 4 is 27.5 Å². The lowest BCUT2D eigenvalue weighted by atomic mass is 10.1. The minimum absolute atomic E-state index is 0.0684. The van der Waals surface area contributed by atoms with Crippen LogP contribution >= 0.6 is 0 Å². The fourth-order valence-corrected chi connectivity index (χ4v) is 4.37. The van der Waals surface area contributed by atoms with Crippen LogP contribution in [0, 0.1) is 0 Å². The van der Waals surface area contributed by atoms with Crippen LogP contribution in [0.5, 0.6) is 11.5 Å². The van der Waals surface area contributed by atoms with Gasteiger partial charge in [0.1, 0.15) is 11.5 Å². The molecule has 8 nitrogen and oxygen atoms in total. The number of nitrogens with one attached hydrogen (secondary N) is 1. The average Bonchev–Trinajstić information content (AvgIpc) is 3.05. The molecule has 0 aromatic heterocycles. The fourth-order valence-electron chi connectivity index (χ4n) is 3.12. The van der Waals surface area contributed by atoms with Gasteiger partial charge >= 0.3 is 0 Å². The predicted molar refractivity (Wildman–Crippen MR) is 106 cm³/mol. The summed E-state index contributed by atoms with van der Waals surface area (Å²) in [7, 11) is -0.977. The molecule has 1 heterocycles. The van der Waals surface area contributed by atoms with Gasteiger partial charge in [-0.2, -0.15) is 0 Å². The fraction of sp³-hybridized carbons (Fsp3) is 0.300. The van der Waals surface area contributed by atoms with E-state index in [4.69, 9.17) is 9.47 Å². The van der Waals surface area contributed by atoms with Gasteiger partial charge < -0.3 is 9.47 Å². The van der Waals surface area contributed by atoms with Crippen LogP contribution in [-0.4, -0.2) is 34.5 Å². The maximum absolute atomic E-state index is 12.9. The molecule has 1 N–H and O–H groups in total. The van der Waals surface area contributed by atoms with E-state index in [0.717, 1.165) is 10.5 Å². The Morgan fingerprint density at radius 2 is 1.59 bits per heavy atom. The molecule has 2 aromatic carbocycles. The molecule has 0 spiro atoms. The van der Waals surface area contributed by atoms with Crippen LogP contribution < -0.4 is 19.1 Å². The van der Waals surface area contributed by atoms with Crippen LogP contribution in [0.1, 0.15) is 31.4 Å². The third-order valence-electron chi connectivity index (χ3n) is 4.70. The maximum Gasteiger partial charge on any atom is 0.241 e. The van der Waals surface area contributed by atoms with Gasteiger partial charge in [-0.15, -0.1) is 0 Å². The largest absolute Gasteiger partial charge is 0.497 e. The number of rotatable bonds is 7. The van der Waals surface area contributed by atoms with Gasteiger partial charge in [0.2, 0.25) is 21.8 Å². The highest BCUT2D eigenvalue weighted by molar-refractivity contribution is 7.89. The van der Waals surface area contributed by atoms with Gasteiger partial charge in [-0.1, -0.05) is 12.1 Å². The zero-order valence-corrected chi connectivity index (χ0v) is 17.2. The summed E-state index contributed by atoms with van der Waals surface area (Å²) < 4.78 is 38.7. The maximum atomic E-state index is 12.9. The summed E-state index contributed by atoms with van der Waals surface area (Å²) in [6.45, 7) is 1.72. The van der Waals surface area contributed by atoms with Crippen molar-refractivity contribution in [1.29, 1.82) is 0 Å². The van der Waals surface area contributed by atoms with Gasteiger partial charge in [-0.05, 0) is 42.8 Å². The van der Waals surface area contributed by atoms with Crippen molar-refractivity contribution in [1.82, 2.24) is 4.72 Å². The van der Waals surface area contributed by atoms with Gasteiger partial charge in [0, 0.05) is 18.9 Å². The SMILES string of the molecule is COc1ccc(C(C)NS(=O)(=O)c2ccc(OC)c(N3C(=O)CCC3=O)c2)cc1. The second kappa shape index (κ2) is 8.22. The Balaban J connectivity index is 1.91. The number of amides is 2. The van der Waals surface area contributed by atoms with Crippen molar-refractivity contribution in [3.8, 4) is 11.5 Å². The Labute approximate surface area is 169 Å². The zero-order valence-electron chi connectivity index (χ0n) is 16.3. The molecule has 1 atom stereocenters. The molecule has 1 unspecified atom stereocenters. The van der Waals surface area contributed by atoms with Crippen molar-refractivity contribution in [2.24, 2.45) is 0 Å². The lowest BCUT2D eigenvalue weighted by Crippen LogP contribution is -2.30. The van der Waals surface area contributed by atoms with E-state index in [0.29, 0.717) is 5.75 Å². The molecule has 1 aliphatic heterocycles. The molecular weight excluding hydrogens is 396 g/mol. The van der Waals surface area contributed by atoms with E-state index in [9.17, 15) is 18.0 Å². The lowest BCUT2D eigenvalue weighted by Gasteiger charge is -2.20. The van der Waals surface area contributed by atoms with Crippen LogP contribution in [0.3, 0.4) is 0 Å². The standard InChI is InChI=1S/C20H22N2O6S/c1-13(14-4-6-15(27-2)7-5-14)21-29(25,26)16-8-9-18(28-3)17(12-16)22-19(23)10-11-20(22)24/h4-9,12-13,21H,10-11H2,1-3H3. The molecule has 154 valence electrons. The number of anilines is 1. The summed E-state index contributed by atoms with van der Waals surface area (Å²) in [4.78, 5) is 25.1. The third kappa shape index (κ3) is 4.25. The molecule has 0 aliphatic carbocycles. The van der Waals surface area contributed by atoms with Gasteiger partial charge in [-0.25, -0.2) is 18.0 Å². The number of benzene rings is 2.